The fraction of sp³-hybridized carbons (Fsp3) is 0.312. The van der Waals surface area contributed by atoms with E-state index in [0.717, 1.165) is 16.9 Å². The van der Waals surface area contributed by atoms with Crippen LogP contribution in [0.1, 0.15) is 12.5 Å². The number of rotatable bonds is 9. The Hall–Kier alpha value is -1.96. The van der Waals surface area contributed by atoms with E-state index in [1.165, 1.54) is 0 Å². The van der Waals surface area contributed by atoms with Gasteiger partial charge in [0.2, 0.25) is 10.0 Å². The first-order chi connectivity index (χ1) is 11.1. The van der Waals surface area contributed by atoms with Gasteiger partial charge >= 0.3 is 0 Å². The van der Waals surface area contributed by atoms with Gasteiger partial charge in [-0.3, -0.25) is 4.98 Å². The lowest BCUT2D eigenvalue weighted by Crippen LogP contribution is -2.28. The van der Waals surface area contributed by atoms with Crippen LogP contribution in [0.15, 0.2) is 48.8 Å². The lowest BCUT2D eigenvalue weighted by molar-refractivity contribution is 0.163. The molecule has 2 aromatic rings. The molecule has 0 aliphatic heterocycles. The zero-order chi connectivity index (χ0) is 16.5. The molecule has 6 nitrogen and oxygen atoms in total. The van der Waals surface area contributed by atoms with Gasteiger partial charge < -0.3 is 10.1 Å². The zero-order valence-corrected chi connectivity index (χ0v) is 13.8. The lowest BCUT2D eigenvalue weighted by Gasteiger charge is -2.09. The first-order valence-corrected chi connectivity index (χ1v) is 9.05. The molecule has 0 saturated heterocycles. The minimum atomic E-state index is -3.31. The summed E-state index contributed by atoms with van der Waals surface area (Å²) in [5.41, 5.74) is 2.77. The predicted molar refractivity (Wildman–Crippen MR) is 91.1 cm³/mol. The van der Waals surface area contributed by atoms with Crippen LogP contribution in [0, 0.1) is 0 Å². The van der Waals surface area contributed by atoms with Gasteiger partial charge in [-0.15, -0.1) is 0 Å². The number of pyridine rings is 1. The van der Waals surface area contributed by atoms with E-state index < -0.39 is 10.0 Å². The quantitative estimate of drug-likeness (QED) is 0.687. The summed E-state index contributed by atoms with van der Waals surface area (Å²) >= 11 is 0. The van der Waals surface area contributed by atoms with Gasteiger partial charge in [0, 0.05) is 36.9 Å². The second kappa shape index (κ2) is 8.61. The average Bonchev–Trinajstić information content (AvgIpc) is 2.55. The molecule has 0 aliphatic carbocycles. The van der Waals surface area contributed by atoms with Crippen molar-refractivity contribution in [3.63, 3.8) is 0 Å². The van der Waals surface area contributed by atoms with Crippen LogP contribution in [-0.2, 0) is 21.3 Å². The van der Waals surface area contributed by atoms with Crippen LogP contribution >= 0.6 is 0 Å². The summed E-state index contributed by atoms with van der Waals surface area (Å²) in [5.74, 6) is -0.0253. The van der Waals surface area contributed by atoms with Crippen molar-refractivity contribution < 1.29 is 13.2 Å². The third kappa shape index (κ3) is 6.35. The molecule has 124 valence electrons. The van der Waals surface area contributed by atoms with Crippen LogP contribution in [-0.4, -0.2) is 32.4 Å². The molecule has 7 heteroatoms. The maximum absolute atomic E-state index is 11.8. The molecule has 2 rings (SSSR count). The highest BCUT2D eigenvalue weighted by atomic mass is 32.2. The summed E-state index contributed by atoms with van der Waals surface area (Å²) in [5, 5.41) is 3.24. The minimum Gasteiger partial charge on any atom is -0.381 e. The molecule has 0 aliphatic rings. The third-order valence-corrected chi connectivity index (χ3v) is 4.41. The number of nitrogens with zero attached hydrogens (tertiary/aromatic N) is 1. The van der Waals surface area contributed by atoms with Gasteiger partial charge in [-0.1, -0.05) is 12.1 Å². The first-order valence-electron chi connectivity index (χ1n) is 7.40. The largest absolute Gasteiger partial charge is 0.381 e. The van der Waals surface area contributed by atoms with E-state index in [0.29, 0.717) is 6.61 Å². The molecule has 0 unspecified atom stereocenters. The Kier molecular flexibility index (Phi) is 6.52. The normalized spacial score (nSPS) is 11.3. The monoisotopic (exact) mass is 335 g/mol. The Morgan fingerprint density at radius 2 is 1.70 bits per heavy atom. The van der Waals surface area contributed by atoms with E-state index >= 15 is 0 Å². The van der Waals surface area contributed by atoms with E-state index in [1.807, 2.05) is 43.3 Å². The van der Waals surface area contributed by atoms with Crippen LogP contribution in [0.4, 0.5) is 11.4 Å². The van der Waals surface area contributed by atoms with Gasteiger partial charge in [0.25, 0.3) is 0 Å². The van der Waals surface area contributed by atoms with E-state index in [1.54, 1.807) is 12.4 Å². The molecule has 0 amide bonds. The topological polar surface area (TPSA) is 80.3 Å². The molecule has 23 heavy (non-hydrogen) atoms. The molecule has 0 atom stereocenters. The van der Waals surface area contributed by atoms with Crippen LogP contribution in [0.25, 0.3) is 0 Å². The van der Waals surface area contributed by atoms with Crippen LogP contribution in [0.3, 0.4) is 0 Å². The number of ether oxygens (including phenoxy) is 1. The molecule has 0 spiro atoms. The third-order valence-electron chi connectivity index (χ3n) is 3.12. The first kappa shape index (κ1) is 17.4. The van der Waals surface area contributed by atoms with Gasteiger partial charge in [0.1, 0.15) is 0 Å². The predicted octanol–water partition coefficient (Wildman–Crippen LogP) is 2.28. The highest BCUT2D eigenvalue weighted by Gasteiger charge is 2.09. The Balaban J connectivity index is 1.85. The molecule has 2 N–H and O–H groups in total. The highest BCUT2D eigenvalue weighted by Crippen LogP contribution is 2.16. The number of hydrogen-bond acceptors (Lipinski definition) is 5. The van der Waals surface area contributed by atoms with Gasteiger partial charge in [-0.05, 0) is 36.8 Å². The number of benzene rings is 1. The Morgan fingerprint density at radius 3 is 2.35 bits per heavy atom. The molecule has 1 heterocycles. The summed E-state index contributed by atoms with van der Waals surface area (Å²) in [6, 6.07) is 11.3. The van der Waals surface area contributed by atoms with Crippen molar-refractivity contribution in [1.82, 2.24) is 9.71 Å². The zero-order valence-electron chi connectivity index (χ0n) is 13.0. The van der Waals surface area contributed by atoms with Crippen molar-refractivity contribution in [1.29, 1.82) is 0 Å². The second-order valence-electron chi connectivity index (χ2n) is 4.89. The van der Waals surface area contributed by atoms with Gasteiger partial charge in [-0.2, -0.15) is 0 Å². The lowest BCUT2D eigenvalue weighted by atomic mass is 10.2. The smallest absolute Gasteiger partial charge is 0.214 e. The van der Waals surface area contributed by atoms with Crippen molar-refractivity contribution in [2.75, 3.05) is 24.3 Å². The van der Waals surface area contributed by atoms with Crippen molar-refractivity contribution in [3.8, 4) is 0 Å². The second-order valence-corrected chi connectivity index (χ2v) is 6.82. The van der Waals surface area contributed by atoms with Gasteiger partial charge in [-0.25, -0.2) is 13.1 Å². The van der Waals surface area contributed by atoms with E-state index in [-0.39, 0.29) is 18.9 Å². The number of aromatic nitrogens is 1. The molecular weight excluding hydrogens is 314 g/mol. The number of anilines is 2. The maximum atomic E-state index is 11.8. The standard InChI is InChI=1S/C16H21N3O3S/c1-2-22-11-12-23(20,21)18-13-14-3-5-15(6-4-14)19-16-7-9-17-10-8-16/h3-10,18H,2,11-13H2,1H3,(H,17,19). The number of nitrogens with one attached hydrogen (secondary N) is 2. The van der Waals surface area contributed by atoms with E-state index in [2.05, 4.69) is 15.0 Å². The molecule has 0 fully saturated rings. The van der Waals surface area contributed by atoms with Crippen LogP contribution < -0.4 is 10.0 Å². The molecule has 0 saturated carbocycles. The Bertz CT molecular complexity index is 688. The van der Waals surface area contributed by atoms with Crippen LogP contribution in [0.5, 0.6) is 0 Å². The molecule has 1 aromatic heterocycles. The summed E-state index contributed by atoms with van der Waals surface area (Å²) in [7, 11) is -3.31. The van der Waals surface area contributed by atoms with Crippen molar-refractivity contribution in [2.24, 2.45) is 0 Å². The van der Waals surface area contributed by atoms with Crippen molar-refractivity contribution >= 4 is 21.4 Å². The van der Waals surface area contributed by atoms with Crippen molar-refractivity contribution in [3.05, 3.63) is 54.4 Å². The molecular formula is C16H21N3O3S. The summed E-state index contributed by atoms with van der Waals surface area (Å²) in [6.45, 7) is 2.83. The fourth-order valence-corrected chi connectivity index (χ4v) is 2.75. The van der Waals surface area contributed by atoms with E-state index in [4.69, 9.17) is 4.74 Å². The molecule has 1 aromatic carbocycles. The Labute approximate surface area is 137 Å². The van der Waals surface area contributed by atoms with Gasteiger partial charge in [0.15, 0.2) is 0 Å². The van der Waals surface area contributed by atoms with Gasteiger partial charge in [0.05, 0.1) is 12.4 Å². The summed E-state index contributed by atoms with van der Waals surface area (Å²) in [6.07, 6.45) is 3.43. The van der Waals surface area contributed by atoms with E-state index in [9.17, 15) is 8.42 Å². The Morgan fingerprint density at radius 1 is 1.04 bits per heavy atom. The highest BCUT2D eigenvalue weighted by molar-refractivity contribution is 7.89. The van der Waals surface area contributed by atoms with Crippen LogP contribution in [0.2, 0.25) is 0 Å². The minimum absolute atomic E-state index is 0.0253. The fourth-order valence-electron chi connectivity index (χ4n) is 1.89. The number of hydrogen-bond donors (Lipinski definition) is 2. The maximum Gasteiger partial charge on any atom is 0.214 e. The summed E-state index contributed by atoms with van der Waals surface area (Å²) < 4.78 is 31.2. The average molecular weight is 335 g/mol. The molecule has 0 bridgehead atoms. The van der Waals surface area contributed by atoms with Crippen molar-refractivity contribution in [2.45, 2.75) is 13.5 Å². The SMILES string of the molecule is CCOCCS(=O)(=O)NCc1ccc(Nc2ccncc2)cc1. The summed E-state index contributed by atoms with van der Waals surface area (Å²) in [4.78, 5) is 3.96. The molecule has 0 radical (unpaired) electrons. The number of sulfonamides is 1.